The van der Waals surface area contributed by atoms with Gasteiger partial charge in [0.2, 0.25) is 15.7 Å². The number of rotatable bonds is 3. The van der Waals surface area contributed by atoms with Crippen LogP contribution in [0.3, 0.4) is 0 Å². The molecule has 1 fully saturated rings. The van der Waals surface area contributed by atoms with E-state index in [-0.39, 0.29) is 16.9 Å². The van der Waals surface area contributed by atoms with Crippen LogP contribution in [0.2, 0.25) is 0 Å². The van der Waals surface area contributed by atoms with Crippen LogP contribution in [0.5, 0.6) is 0 Å². The van der Waals surface area contributed by atoms with Gasteiger partial charge in [-0.15, -0.1) is 0 Å². The van der Waals surface area contributed by atoms with Crippen LogP contribution < -0.4 is 10.7 Å². The summed E-state index contributed by atoms with van der Waals surface area (Å²) in [6.07, 6.45) is 5.48. The van der Waals surface area contributed by atoms with Crippen molar-refractivity contribution in [3.8, 4) is 0 Å². The molecule has 280 valence electrons. The standard InChI is InChI=1S/C23H23F2N3O3S.C17H14F2N2S/c24-17-7-8-20(25)18(14-17)21-27-28(22(29)16-9-12-26-13-10-16)23(32(21,30)31)11-3-5-15-4-1-2-6-19(15)23;18-12-7-8-15(19)13(10-12)16-20-21-17(22-16)9-3-5-11-4-1-2-6-14(11)17/h1-2,4,6-8,14,16,26H,3,5,9-13H2;1-2,4,6-8,10,21H,3,5,9H2. The van der Waals surface area contributed by atoms with Crippen molar-refractivity contribution in [3.05, 3.63) is 142 Å². The molecule has 3 aliphatic heterocycles. The lowest BCUT2D eigenvalue weighted by molar-refractivity contribution is -0.140. The smallest absolute Gasteiger partial charge is 0.247 e. The van der Waals surface area contributed by atoms with Crippen molar-refractivity contribution in [2.45, 2.75) is 61.1 Å². The van der Waals surface area contributed by atoms with E-state index in [1.807, 2.05) is 24.3 Å². The molecule has 3 heterocycles. The van der Waals surface area contributed by atoms with E-state index in [9.17, 15) is 30.8 Å². The normalized spacial score (nSPS) is 24.2. The quantitative estimate of drug-likeness (QED) is 0.213. The van der Waals surface area contributed by atoms with E-state index in [1.165, 1.54) is 29.0 Å². The number of amides is 1. The van der Waals surface area contributed by atoms with Gasteiger partial charge in [0.15, 0.2) is 9.91 Å². The zero-order valence-electron chi connectivity index (χ0n) is 29.1. The van der Waals surface area contributed by atoms with E-state index in [0.717, 1.165) is 60.2 Å². The second kappa shape index (κ2) is 14.3. The molecule has 0 aromatic heterocycles. The van der Waals surface area contributed by atoms with Crippen LogP contribution >= 0.6 is 11.8 Å². The highest BCUT2D eigenvalue weighted by Crippen LogP contribution is 2.51. The average molecular weight is 776 g/mol. The average Bonchev–Trinajstić information content (AvgIpc) is 3.70. The van der Waals surface area contributed by atoms with E-state index < -0.39 is 60.4 Å². The third kappa shape index (κ3) is 6.12. The van der Waals surface area contributed by atoms with Crippen LogP contribution in [0.25, 0.3) is 0 Å². The molecule has 2 unspecified atom stereocenters. The summed E-state index contributed by atoms with van der Waals surface area (Å²) >= 11 is 1.48. The van der Waals surface area contributed by atoms with Crippen LogP contribution in [0, 0.1) is 29.2 Å². The Kier molecular flexibility index (Phi) is 9.64. The number of carbonyl (C=O) groups is 1. The molecule has 2 atom stereocenters. The number of aryl methyl sites for hydroxylation is 2. The fraction of sp³-hybridized carbons (Fsp3) is 0.325. The minimum absolute atomic E-state index is 0.146. The molecule has 14 heteroatoms. The Morgan fingerprint density at radius 1 is 0.778 bits per heavy atom. The van der Waals surface area contributed by atoms with Crippen LogP contribution in [-0.2, 0) is 37.2 Å². The van der Waals surface area contributed by atoms with E-state index in [2.05, 4.69) is 33.1 Å². The van der Waals surface area contributed by atoms with Gasteiger partial charge in [0.1, 0.15) is 33.2 Å². The second-order valence-electron chi connectivity index (χ2n) is 14.1. The van der Waals surface area contributed by atoms with Crippen LogP contribution in [0.4, 0.5) is 17.6 Å². The maximum absolute atomic E-state index is 14.7. The van der Waals surface area contributed by atoms with Crippen LogP contribution in [0.1, 0.15) is 71.9 Å². The molecular weight excluding hydrogens is 739 g/mol. The molecule has 2 spiro atoms. The SMILES string of the molecule is Fc1ccc(F)c(C2=NNC3(CCCc4ccccc43)S2)c1.O=C(C1CCNCC1)N1N=C(c2cc(F)ccc2F)S(=O)(=O)C12CCCc1ccccc12. The summed E-state index contributed by atoms with van der Waals surface area (Å²) in [7, 11) is -4.36. The predicted octanol–water partition coefficient (Wildman–Crippen LogP) is 7.22. The third-order valence-electron chi connectivity index (χ3n) is 10.9. The fourth-order valence-electron chi connectivity index (χ4n) is 8.25. The number of piperidine rings is 1. The summed E-state index contributed by atoms with van der Waals surface area (Å²) in [5.41, 5.74) is 6.76. The van der Waals surface area contributed by atoms with E-state index in [0.29, 0.717) is 49.4 Å². The van der Waals surface area contributed by atoms with Crippen molar-refractivity contribution in [2.24, 2.45) is 16.1 Å². The van der Waals surface area contributed by atoms with Gasteiger partial charge < -0.3 is 5.32 Å². The summed E-state index contributed by atoms with van der Waals surface area (Å²) < 4.78 is 84.2. The molecule has 0 radical (unpaired) electrons. The predicted molar refractivity (Wildman–Crippen MR) is 200 cm³/mol. The molecule has 54 heavy (non-hydrogen) atoms. The molecule has 1 amide bonds. The Labute approximate surface area is 315 Å². The summed E-state index contributed by atoms with van der Waals surface area (Å²) in [5.74, 6) is -3.36. The number of sulfone groups is 1. The van der Waals surface area contributed by atoms with E-state index in [4.69, 9.17) is 0 Å². The topological polar surface area (TPSA) is 103 Å². The van der Waals surface area contributed by atoms with Crippen molar-refractivity contribution < 1.29 is 30.8 Å². The lowest BCUT2D eigenvalue weighted by Crippen LogP contribution is -2.53. The van der Waals surface area contributed by atoms with Crippen molar-refractivity contribution in [1.82, 2.24) is 15.8 Å². The number of carbonyl (C=O) groups excluding carboxylic acids is 1. The Hall–Kier alpha value is -4.53. The van der Waals surface area contributed by atoms with Crippen LogP contribution in [0.15, 0.2) is 95.1 Å². The number of hydrogen-bond donors (Lipinski definition) is 2. The lowest BCUT2D eigenvalue weighted by Gasteiger charge is -2.41. The Morgan fingerprint density at radius 3 is 2.07 bits per heavy atom. The van der Waals surface area contributed by atoms with Gasteiger partial charge in [0.25, 0.3) is 0 Å². The van der Waals surface area contributed by atoms with Gasteiger partial charge in [-0.3, -0.25) is 10.2 Å². The highest BCUT2D eigenvalue weighted by molar-refractivity contribution is 8.15. The fourth-order valence-corrected chi connectivity index (χ4v) is 11.8. The molecule has 4 aromatic carbocycles. The number of fused-ring (bicyclic) bond motifs is 4. The zero-order valence-corrected chi connectivity index (χ0v) is 30.8. The first-order valence-electron chi connectivity index (χ1n) is 18.0. The minimum atomic E-state index is -4.36. The summed E-state index contributed by atoms with van der Waals surface area (Å²) in [6, 6.07) is 21.5. The number of benzene rings is 4. The Morgan fingerprint density at radius 2 is 1.37 bits per heavy atom. The number of halogens is 4. The van der Waals surface area contributed by atoms with Gasteiger partial charge in [-0.1, -0.05) is 60.3 Å². The first kappa shape index (κ1) is 36.4. The molecule has 9 rings (SSSR count). The second-order valence-corrected chi connectivity index (χ2v) is 17.5. The van der Waals surface area contributed by atoms with Gasteiger partial charge in [-0.05, 0) is 123 Å². The molecule has 1 saturated heterocycles. The van der Waals surface area contributed by atoms with Crippen molar-refractivity contribution >= 4 is 37.6 Å². The molecule has 2 aliphatic carbocycles. The third-order valence-corrected chi connectivity index (χ3v) is 14.5. The summed E-state index contributed by atoms with van der Waals surface area (Å²) in [6.45, 7) is 1.30. The highest BCUT2D eigenvalue weighted by Gasteiger charge is 2.62. The molecule has 0 bridgehead atoms. The molecule has 2 N–H and O–H groups in total. The zero-order chi connectivity index (χ0) is 37.7. The van der Waals surface area contributed by atoms with Gasteiger partial charge in [0, 0.05) is 11.5 Å². The number of hydrazone groups is 2. The van der Waals surface area contributed by atoms with Crippen LogP contribution in [-0.4, -0.2) is 42.5 Å². The minimum Gasteiger partial charge on any atom is -0.317 e. The first-order chi connectivity index (χ1) is 26.0. The number of nitrogens with one attached hydrogen (secondary N) is 2. The lowest BCUT2D eigenvalue weighted by atomic mass is 9.85. The summed E-state index contributed by atoms with van der Waals surface area (Å²) in [5, 5.41) is 12.7. The molecule has 5 aliphatic rings. The maximum atomic E-state index is 14.7. The van der Waals surface area contributed by atoms with Crippen molar-refractivity contribution in [1.29, 1.82) is 0 Å². The maximum Gasteiger partial charge on any atom is 0.247 e. The molecular formula is C40H37F4N5O3S2. The van der Waals surface area contributed by atoms with Crippen molar-refractivity contribution in [3.63, 3.8) is 0 Å². The summed E-state index contributed by atoms with van der Waals surface area (Å²) in [4.78, 5) is 11.5. The van der Waals surface area contributed by atoms with Gasteiger partial charge in [-0.2, -0.15) is 10.2 Å². The highest BCUT2D eigenvalue weighted by atomic mass is 32.2. The molecule has 0 saturated carbocycles. The van der Waals surface area contributed by atoms with Gasteiger partial charge in [0.05, 0.1) is 5.56 Å². The Balaban J connectivity index is 0.000000164. The first-order valence-corrected chi connectivity index (χ1v) is 20.3. The van der Waals surface area contributed by atoms with Gasteiger partial charge in [-0.25, -0.2) is 31.0 Å². The number of hydrogen-bond acceptors (Lipinski definition) is 8. The van der Waals surface area contributed by atoms with E-state index >= 15 is 0 Å². The molecule has 8 nitrogen and oxygen atoms in total. The van der Waals surface area contributed by atoms with Gasteiger partial charge >= 0.3 is 0 Å². The number of thioether (sulfide) groups is 1. The largest absolute Gasteiger partial charge is 0.317 e. The molecule has 4 aromatic rings. The Bertz CT molecular complexity index is 2320. The number of nitrogens with zero attached hydrogens (tertiary/aromatic N) is 3. The van der Waals surface area contributed by atoms with E-state index in [1.54, 1.807) is 12.1 Å². The van der Waals surface area contributed by atoms with Crippen molar-refractivity contribution in [2.75, 3.05) is 13.1 Å². The monoisotopic (exact) mass is 775 g/mol.